The minimum absolute atomic E-state index is 0.0503. The summed E-state index contributed by atoms with van der Waals surface area (Å²) in [5.74, 6) is 0.0465. The normalized spacial score (nSPS) is 16.5. The number of nitrogens with zero attached hydrogens (tertiary/aromatic N) is 1. The fraction of sp³-hybridized carbons (Fsp3) is 0.424. The molecule has 0 heterocycles. The lowest BCUT2D eigenvalue weighted by molar-refractivity contribution is -0.115. The third-order valence-electron chi connectivity index (χ3n) is 7.03. The number of benzene rings is 1. The Kier molecular flexibility index (Phi) is 10.2. The summed E-state index contributed by atoms with van der Waals surface area (Å²) in [5, 5.41) is 0. The van der Waals surface area contributed by atoms with Crippen molar-refractivity contribution in [1.29, 1.82) is 0 Å². The monoisotopic (exact) mass is 534 g/mol. The molecule has 0 bridgehead atoms. The molecule has 5 nitrogen and oxygen atoms in total. The van der Waals surface area contributed by atoms with Gasteiger partial charge < -0.3 is 20.1 Å². The molecule has 0 aliphatic heterocycles. The van der Waals surface area contributed by atoms with Crippen LogP contribution in [-0.4, -0.2) is 18.3 Å². The van der Waals surface area contributed by atoms with Crippen molar-refractivity contribution >= 4 is 23.9 Å². The lowest BCUT2D eigenvalue weighted by Gasteiger charge is -2.33. The molecule has 39 heavy (non-hydrogen) atoms. The van der Waals surface area contributed by atoms with Crippen LogP contribution in [0.25, 0.3) is 5.57 Å². The third kappa shape index (κ3) is 7.31. The Labute approximate surface area is 233 Å². The van der Waals surface area contributed by atoms with Gasteiger partial charge in [0, 0.05) is 22.3 Å². The number of hydrogen-bond acceptors (Lipinski definition) is 5. The van der Waals surface area contributed by atoms with E-state index in [1.165, 1.54) is 12.1 Å². The van der Waals surface area contributed by atoms with E-state index in [1.807, 2.05) is 48.5 Å². The van der Waals surface area contributed by atoms with Gasteiger partial charge in [-0.25, -0.2) is 9.38 Å². The SMILES string of the molecule is C=C(C)/C(=C(N)\N=C(/C)C(=C(C)C)c1ccc(F)cc1C)C(C=O)(C(=C)O/C=C(\C)CC(C)(C)C=O)C1CC1. The number of carbonyl (C=O) groups is 2. The molecule has 0 amide bonds. The molecule has 2 rings (SSSR count). The van der Waals surface area contributed by atoms with E-state index in [-0.39, 0.29) is 23.3 Å². The summed E-state index contributed by atoms with van der Waals surface area (Å²) in [4.78, 5) is 29.0. The van der Waals surface area contributed by atoms with Crippen LogP contribution in [0, 0.1) is 29.5 Å². The number of allylic oxidation sites excluding steroid dienone is 5. The molecule has 1 fully saturated rings. The summed E-state index contributed by atoms with van der Waals surface area (Å²) < 4.78 is 19.8. The molecule has 1 saturated carbocycles. The summed E-state index contributed by atoms with van der Waals surface area (Å²) in [6.45, 7) is 23.3. The molecule has 6 heteroatoms. The number of ether oxygens (including phenoxy) is 1. The highest BCUT2D eigenvalue weighted by Crippen LogP contribution is 2.55. The smallest absolute Gasteiger partial charge is 0.138 e. The van der Waals surface area contributed by atoms with Crippen molar-refractivity contribution in [1.82, 2.24) is 0 Å². The van der Waals surface area contributed by atoms with Crippen LogP contribution in [0.5, 0.6) is 0 Å². The zero-order valence-electron chi connectivity index (χ0n) is 24.7. The average molecular weight is 535 g/mol. The zero-order chi connectivity index (χ0) is 29.7. The van der Waals surface area contributed by atoms with E-state index in [9.17, 15) is 14.0 Å². The standard InChI is InChI=1S/C33H43FN2O3/c1-20(2)29(28-14-13-27(34)15-23(28)6)24(7)36-31(35)30(21(3)4)33(19-38,26-11-12-26)25(8)39-17-22(5)16-32(9,10)18-37/h13-15,17-19,26H,3,8,11-12,16,35H2,1-2,4-7,9-10H3/b22-17+,31-30+,36-24+. The van der Waals surface area contributed by atoms with E-state index in [0.29, 0.717) is 23.3 Å². The highest BCUT2D eigenvalue weighted by molar-refractivity contribution is 6.24. The molecule has 1 aliphatic rings. The molecule has 210 valence electrons. The predicted octanol–water partition coefficient (Wildman–Crippen LogP) is 7.78. The topological polar surface area (TPSA) is 81.8 Å². The van der Waals surface area contributed by atoms with Crippen molar-refractivity contribution in [3.05, 3.63) is 88.4 Å². The fourth-order valence-corrected chi connectivity index (χ4v) is 5.21. The number of halogens is 1. The summed E-state index contributed by atoms with van der Waals surface area (Å²) in [6.07, 6.45) is 5.43. The summed E-state index contributed by atoms with van der Waals surface area (Å²) in [7, 11) is 0. The fourth-order valence-electron chi connectivity index (χ4n) is 5.21. The van der Waals surface area contributed by atoms with Crippen LogP contribution in [0.3, 0.4) is 0 Å². The Balaban J connectivity index is 2.63. The first-order valence-corrected chi connectivity index (χ1v) is 13.2. The number of aliphatic imine (C=N–C) groups is 1. The molecule has 1 aromatic carbocycles. The zero-order valence-corrected chi connectivity index (χ0v) is 24.7. The number of hydrogen-bond donors (Lipinski definition) is 1. The number of aryl methyl sites for hydroxylation is 1. The van der Waals surface area contributed by atoms with E-state index in [4.69, 9.17) is 15.5 Å². The molecule has 1 atom stereocenters. The maximum Gasteiger partial charge on any atom is 0.138 e. The van der Waals surface area contributed by atoms with Crippen LogP contribution >= 0.6 is 0 Å². The number of rotatable bonds is 13. The van der Waals surface area contributed by atoms with Gasteiger partial charge in [-0.15, -0.1) is 0 Å². The van der Waals surface area contributed by atoms with E-state index in [0.717, 1.165) is 53.3 Å². The first kappa shape index (κ1) is 31.7. The van der Waals surface area contributed by atoms with Crippen LogP contribution in [0.15, 0.2) is 76.5 Å². The van der Waals surface area contributed by atoms with E-state index in [2.05, 4.69) is 13.2 Å². The number of nitrogens with two attached hydrogens (primary N) is 1. The van der Waals surface area contributed by atoms with Crippen LogP contribution in [0.4, 0.5) is 4.39 Å². The van der Waals surface area contributed by atoms with Crippen molar-refractivity contribution < 1.29 is 18.7 Å². The van der Waals surface area contributed by atoms with Crippen molar-refractivity contribution in [3.8, 4) is 0 Å². The predicted molar refractivity (Wildman–Crippen MR) is 158 cm³/mol. The van der Waals surface area contributed by atoms with Crippen molar-refractivity contribution in [2.24, 2.45) is 27.5 Å². The first-order chi connectivity index (χ1) is 18.1. The Bertz CT molecular complexity index is 1290. The van der Waals surface area contributed by atoms with Gasteiger partial charge in [-0.1, -0.05) is 38.6 Å². The lowest BCUT2D eigenvalue weighted by Crippen LogP contribution is -2.33. The van der Waals surface area contributed by atoms with E-state index >= 15 is 0 Å². The van der Waals surface area contributed by atoms with Gasteiger partial charge in [-0.05, 0) is 101 Å². The van der Waals surface area contributed by atoms with Crippen molar-refractivity contribution in [2.75, 3.05) is 0 Å². The van der Waals surface area contributed by atoms with Crippen molar-refractivity contribution in [2.45, 2.75) is 74.7 Å². The van der Waals surface area contributed by atoms with E-state index < -0.39 is 10.8 Å². The second-order valence-corrected chi connectivity index (χ2v) is 11.6. The Morgan fingerprint density at radius 1 is 1.13 bits per heavy atom. The molecule has 0 radical (unpaired) electrons. The van der Waals surface area contributed by atoms with Gasteiger partial charge in [-0.2, -0.15) is 0 Å². The largest absolute Gasteiger partial charge is 0.469 e. The molecule has 1 aliphatic carbocycles. The second kappa shape index (κ2) is 12.5. The van der Waals surface area contributed by atoms with Gasteiger partial charge >= 0.3 is 0 Å². The Morgan fingerprint density at radius 2 is 1.74 bits per heavy atom. The van der Waals surface area contributed by atoms with Crippen molar-refractivity contribution in [3.63, 3.8) is 0 Å². The summed E-state index contributed by atoms with van der Waals surface area (Å²) in [5.41, 5.74) is 10.9. The molecule has 0 saturated heterocycles. The summed E-state index contributed by atoms with van der Waals surface area (Å²) in [6, 6.07) is 4.65. The average Bonchev–Trinajstić information content (AvgIpc) is 3.67. The minimum atomic E-state index is -1.23. The lowest BCUT2D eigenvalue weighted by atomic mass is 9.72. The number of aldehydes is 2. The van der Waals surface area contributed by atoms with E-state index in [1.54, 1.807) is 19.3 Å². The first-order valence-electron chi connectivity index (χ1n) is 13.2. The quantitative estimate of drug-likeness (QED) is 0.121. The maximum atomic E-state index is 13.8. The van der Waals surface area contributed by atoms with Gasteiger partial charge in [0.25, 0.3) is 0 Å². The molecule has 0 spiro atoms. The Hall–Kier alpha value is -3.54. The van der Waals surface area contributed by atoms with Crippen LogP contribution in [0.1, 0.15) is 78.9 Å². The van der Waals surface area contributed by atoms with Crippen LogP contribution in [0.2, 0.25) is 0 Å². The summed E-state index contributed by atoms with van der Waals surface area (Å²) >= 11 is 0. The highest BCUT2D eigenvalue weighted by atomic mass is 19.1. The van der Waals surface area contributed by atoms with Gasteiger partial charge in [-0.3, -0.25) is 0 Å². The maximum absolute atomic E-state index is 13.8. The van der Waals surface area contributed by atoms with Gasteiger partial charge in [0.1, 0.15) is 35.4 Å². The van der Waals surface area contributed by atoms with Crippen LogP contribution in [-0.2, 0) is 14.3 Å². The van der Waals surface area contributed by atoms with Crippen LogP contribution < -0.4 is 5.73 Å². The minimum Gasteiger partial charge on any atom is -0.469 e. The molecule has 1 aromatic rings. The Morgan fingerprint density at radius 3 is 2.21 bits per heavy atom. The molecule has 1 unspecified atom stereocenters. The molecule has 0 aromatic heterocycles. The van der Waals surface area contributed by atoms with Gasteiger partial charge in [0.15, 0.2) is 0 Å². The molecule has 2 N–H and O–H groups in total. The number of carbonyl (C=O) groups excluding carboxylic acids is 2. The molecular weight excluding hydrogens is 491 g/mol. The molecular formula is C33H43FN2O3. The highest BCUT2D eigenvalue weighted by Gasteiger charge is 2.52. The van der Waals surface area contributed by atoms with Gasteiger partial charge in [0.2, 0.25) is 0 Å². The second-order valence-electron chi connectivity index (χ2n) is 11.6. The van der Waals surface area contributed by atoms with Gasteiger partial charge in [0.05, 0.1) is 6.26 Å². The third-order valence-corrected chi connectivity index (χ3v) is 7.03.